The maximum atomic E-state index is 12.1. The highest BCUT2D eigenvalue weighted by atomic mass is 35.5. The van der Waals surface area contributed by atoms with Crippen LogP contribution in [0.2, 0.25) is 5.15 Å². The van der Waals surface area contributed by atoms with E-state index < -0.39 is 17.9 Å². The van der Waals surface area contributed by atoms with E-state index in [2.05, 4.69) is 9.97 Å². The lowest BCUT2D eigenvalue weighted by Gasteiger charge is -2.32. The average molecular weight is 272 g/mol. The molecule has 2 heterocycles. The minimum Gasteiger partial charge on any atom is -0.480 e. The second-order valence-electron chi connectivity index (χ2n) is 3.65. The normalized spacial score (nSPS) is 19.6. The highest BCUT2D eigenvalue weighted by Crippen LogP contribution is 2.12. The molecule has 0 aliphatic carbocycles. The molecule has 1 aliphatic heterocycles. The standard InChI is InChI=1S/C10H10ClN3O4/c11-8-4-12-6(3-13-8)9(15)14-1-2-18-5-7(14)10(16)17/h3-4,7H,1-2,5H2,(H,16,17). The van der Waals surface area contributed by atoms with E-state index in [1.54, 1.807) is 0 Å². The number of morpholine rings is 1. The number of carbonyl (C=O) groups is 2. The number of carboxylic acid groups (broad SMARTS) is 1. The fraction of sp³-hybridized carbons (Fsp3) is 0.400. The van der Waals surface area contributed by atoms with Crippen molar-refractivity contribution in [2.45, 2.75) is 6.04 Å². The second kappa shape index (κ2) is 5.28. The molecule has 0 radical (unpaired) electrons. The van der Waals surface area contributed by atoms with Gasteiger partial charge in [0.25, 0.3) is 5.91 Å². The lowest BCUT2D eigenvalue weighted by molar-refractivity contribution is -0.147. The Labute approximate surface area is 107 Å². The SMILES string of the molecule is O=C(O)C1COCCN1C(=O)c1cnc(Cl)cn1. The molecule has 0 spiro atoms. The zero-order valence-electron chi connectivity index (χ0n) is 9.24. The molecule has 1 aromatic heterocycles. The summed E-state index contributed by atoms with van der Waals surface area (Å²) in [4.78, 5) is 31.9. The number of amides is 1. The van der Waals surface area contributed by atoms with E-state index >= 15 is 0 Å². The van der Waals surface area contributed by atoms with Crippen molar-refractivity contribution in [1.82, 2.24) is 14.9 Å². The number of ether oxygens (including phenoxy) is 1. The molecule has 1 amide bonds. The van der Waals surface area contributed by atoms with Crippen molar-refractivity contribution >= 4 is 23.5 Å². The quantitative estimate of drug-likeness (QED) is 0.817. The van der Waals surface area contributed by atoms with Crippen molar-refractivity contribution in [3.63, 3.8) is 0 Å². The van der Waals surface area contributed by atoms with Gasteiger partial charge in [0.2, 0.25) is 0 Å². The Morgan fingerprint density at radius 2 is 2.22 bits per heavy atom. The smallest absolute Gasteiger partial charge is 0.328 e. The van der Waals surface area contributed by atoms with Gasteiger partial charge in [0, 0.05) is 6.54 Å². The van der Waals surface area contributed by atoms with Gasteiger partial charge in [-0.3, -0.25) is 4.79 Å². The molecule has 1 saturated heterocycles. The van der Waals surface area contributed by atoms with Crippen LogP contribution in [0.5, 0.6) is 0 Å². The Hall–Kier alpha value is -1.73. The van der Waals surface area contributed by atoms with Gasteiger partial charge >= 0.3 is 5.97 Å². The molecule has 1 aliphatic rings. The van der Waals surface area contributed by atoms with Crippen molar-refractivity contribution in [3.05, 3.63) is 23.2 Å². The summed E-state index contributed by atoms with van der Waals surface area (Å²) in [5.41, 5.74) is 0.0625. The molecule has 0 aromatic carbocycles. The molecule has 0 saturated carbocycles. The molecule has 96 valence electrons. The van der Waals surface area contributed by atoms with Crippen molar-refractivity contribution in [3.8, 4) is 0 Å². The van der Waals surface area contributed by atoms with Crippen LogP contribution in [0.4, 0.5) is 0 Å². The predicted molar refractivity (Wildman–Crippen MR) is 60.3 cm³/mol. The van der Waals surface area contributed by atoms with Crippen LogP contribution in [0.15, 0.2) is 12.4 Å². The molecular formula is C10H10ClN3O4. The predicted octanol–water partition coefficient (Wildman–Crippen LogP) is 0.0556. The molecular weight excluding hydrogens is 262 g/mol. The average Bonchev–Trinajstić information content (AvgIpc) is 2.39. The number of aromatic nitrogens is 2. The summed E-state index contributed by atoms with van der Waals surface area (Å²) < 4.78 is 5.05. The molecule has 1 atom stereocenters. The van der Waals surface area contributed by atoms with E-state index in [9.17, 15) is 9.59 Å². The number of carbonyl (C=O) groups excluding carboxylic acids is 1. The third-order valence-electron chi connectivity index (χ3n) is 2.51. The number of hydrogen-bond donors (Lipinski definition) is 1. The number of rotatable bonds is 2. The largest absolute Gasteiger partial charge is 0.480 e. The fourth-order valence-electron chi connectivity index (χ4n) is 1.62. The first kappa shape index (κ1) is 12.7. The van der Waals surface area contributed by atoms with Crippen molar-refractivity contribution < 1.29 is 19.4 Å². The van der Waals surface area contributed by atoms with E-state index in [4.69, 9.17) is 21.4 Å². The molecule has 7 nitrogen and oxygen atoms in total. The summed E-state index contributed by atoms with van der Waals surface area (Å²) in [7, 11) is 0. The maximum Gasteiger partial charge on any atom is 0.328 e. The van der Waals surface area contributed by atoms with E-state index in [1.807, 2.05) is 0 Å². The van der Waals surface area contributed by atoms with Crippen molar-refractivity contribution in [2.75, 3.05) is 19.8 Å². The van der Waals surface area contributed by atoms with Gasteiger partial charge in [-0.1, -0.05) is 11.6 Å². The third kappa shape index (κ3) is 2.57. The van der Waals surface area contributed by atoms with E-state index in [0.29, 0.717) is 6.61 Å². The van der Waals surface area contributed by atoms with Gasteiger partial charge in [-0.25, -0.2) is 14.8 Å². The number of hydrogen-bond acceptors (Lipinski definition) is 5. The van der Waals surface area contributed by atoms with E-state index in [1.165, 1.54) is 17.3 Å². The summed E-state index contributed by atoms with van der Waals surface area (Å²) in [6.45, 7) is 0.485. The van der Waals surface area contributed by atoms with Crippen LogP contribution < -0.4 is 0 Å². The number of aliphatic carboxylic acids is 1. The Kier molecular flexibility index (Phi) is 3.73. The van der Waals surface area contributed by atoms with Crippen molar-refractivity contribution in [2.24, 2.45) is 0 Å². The summed E-state index contributed by atoms with van der Waals surface area (Å²) in [6.07, 6.45) is 2.46. The van der Waals surface area contributed by atoms with Gasteiger partial charge in [0.05, 0.1) is 25.6 Å². The minimum absolute atomic E-state index is 0.0257. The zero-order chi connectivity index (χ0) is 13.1. The number of halogens is 1. The molecule has 1 aromatic rings. The maximum absolute atomic E-state index is 12.1. The summed E-state index contributed by atoms with van der Waals surface area (Å²) in [6, 6.07) is -0.997. The summed E-state index contributed by atoms with van der Waals surface area (Å²) in [5, 5.41) is 9.19. The van der Waals surface area contributed by atoms with Crippen LogP contribution >= 0.6 is 11.6 Å². The van der Waals surface area contributed by atoms with Crippen LogP contribution in [-0.4, -0.2) is 57.7 Å². The second-order valence-corrected chi connectivity index (χ2v) is 4.04. The third-order valence-corrected chi connectivity index (χ3v) is 2.71. The summed E-state index contributed by atoms with van der Waals surface area (Å²) >= 11 is 5.57. The molecule has 1 fully saturated rings. The van der Waals surface area contributed by atoms with Crippen LogP contribution in [0.1, 0.15) is 10.5 Å². The molecule has 18 heavy (non-hydrogen) atoms. The minimum atomic E-state index is -1.11. The fourth-order valence-corrected chi connectivity index (χ4v) is 1.72. The Balaban J connectivity index is 2.20. The Morgan fingerprint density at radius 3 is 2.83 bits per heavy atom. The summed E-state index contributed by atoms with van der Waals surface area (Å²) in [5.74, 6) is -1.60. The highest BCUT2D eigenvalue weighted by Gasteiger charge is 2.33. The first-order valence-electron chi connectivity index (χ1n) is 5.18. The van der Waals surface area contributed by atoms with Crippen LogP contribution in [0.25, 0.3) is 0 Å². The molecule has 0 bridgehead atoms. The van der Waals surface area contributed by atoms with Gasteiger partial charge in [-0.05, 0) is 0 Å². The molecule has 2 rings (SSSR count). The van der Waals surface area contributed by atoms with Gasteiger partial charge in [0.1, 0.15) is 10.8 Å². The van der Waals surface area contributed by atoms with Crippen molar-refractivity contribution in [1.29, 1.82) is 0 Å². The van der Waals surface area contributed by atoms with Gasteiger partial charge in [-0.2, -0.15) is 0 Å². The molecule has 1 N–H and O–H groups in total. The van der Waals surface area contributed by atoms with Crippen LogP contribution in [0.3, 0.4) is 0 Å². The van der Waals surface area contributed by atoms with Gasteiger partial charge < -0.3 is 14.7 Å². The van der Waals surface area contributed by atoms with E-state index in [-0.39, 0.29) is 24.0 Å². The highest BCUT2D eigenvalue weighted by molar-refractivity contribution is 6.29. The lowest BCUT2D eigenvalue weighted by Crippen LogP contribution is -2.52. The Bertz CT molecular complexity index is 465. The van der Waals surface area contributed by atoms with Gasteiger partial charge in [0.15, 0.2) is 6.04 Å². The van der Waals surface area contributed by atoms with Crippen LogP contribution in [-0.2, 0) is 9.53 Å². The van der Waals surface area contributed by atoms with Crippen LogP contribution in [0, 0.1) is 0 Å². The Morgan fingerprint density at radius 1 is 1.44 bits per heavy atom. The molecule has 1 unspecified atom stereocenters. The first-order chi connectivity index (χ1) is 8.59. The zero-order valence-corrected chi connectivity index (χ0v) is 10.0. The molecule has 8 heteroatoms. The monoisotopic (exact) mass is 271 g/mol. The lowest BCUT2D eigenvalue weighted by atomic mass is 10.2. The topological polar surface area (TPSA) is 92.6 Å². The van der Waals surface area contributed by atoms with Gasteiger partial charge in [-0.15, -0.1) is 0 Å². The number of carboxylic acids is 1. The number of nitrogens with zero attached hydrogens (tertiary/aromatic N) is 3. The first-order valence-corrected chi connectivity index (χ1v) is 5.56. The van der Waals surface area contributed by atoms with E-state index in [0.717, 1.165) is 0 Å².